The average Bonchev–Trinajstić information content (AvgIpc) is 2.46. The molecule has 0 atom stereocenters. The second-order valence-electron chi connectivity index (χ2n) is 4.77. The summed E-state index contributed by atoms with van der Waals surface area (Å²) in [5, 5.41) is 2.75. The van der Waals surface area contributed by atoms with Gasteiger partial charge in [0.25, 0.3) is 5.91 Å². The Kier molecular flexibility index (Phi) is 5.06. The number of hydrogen-bond donors (Lipinski definition) is 1. The molecule has 1 N–H and O–H groups in total. The summed E-state index contributed by atoms with van der Waals surface area (Å²) in [5.74, 6) is -0.260. The van der Waals surface area contributed by atoms with Crippen molar-refractivity contribution in [3.05, 3.63) is 52.9 Å². The Morgan fingerprint density at radius 1 is 1.27 bits per heavy atom. The van der Waals surface area contributed by atoms with E-state index in [0.717, 1.165) is 5.56 Å². The summed E-state index contributed by atoms with van der Waals surface area (Å²) in [5.41, 5.74) is 1.24. The highest BCUT2D eigenvalue weighted by Gasteiger charge is 2.18. The van der Waals surface area contributed by atoms with Gasteiger partial charge in [0, 0.05) is 19.4 Å². The Hall–Kier alpha value is -2.47. The largest absolute Gasteiger partial charge is 0.332 e. The number of likely N-dealkylation sites (N-methyl/N-ethyl adjacent to an activating group) is 1. The van der Waals surface area contributed by atoms with Crippen molar-refractivity contribution in [3.8, 4) is 0 Å². The van der Waals surface area contributed by atoms with E-state index < -0.39 is 0 Å². The van der Waals surface area contributed by atoms with Gasteiger partial charge in [-0.05, 0) is 36.8 Å². The van der Waals surface area contributed by atoms with Gasteiger partial charge in [-0.2, -0.15) is 0 Å². The first kappa shape index (κ1) is 15.9. The summed E-state index contributed by atoms with van der Waals surface area (Å²) in [6, 6.07) is 6.76. The zero-order valence-electron chi connectivity index (χ0n) is 12.2. The van der Waals surface area contributed by atoms with Crippen LogP contribution in [0.5, 0.6) is 0 Å². The van der Waals surface area contributed by atoms with Crippen LogP contribution in [0.2, 0.25) is 5.15 Å². The van der Waals surface area contributed by atoms with Crippen molar-refractivity contribution in [2.75, 3.05) is 18.9 Å². The lowest BCUT2D eigenvalue weighted by molar-refractivity contribution is -0.116. The number of pyridine rings is 2. The van der Waals surface area contributed by atoms with E-state index in [1.807, 2.05) is 13.0 Å². The lowest BCUT2D eigenvalue weighted by atomic mass is 10.2. The van der Waals surface area contributed by atoms with E-state index in [4.69, 9.17) is 11.6 Å². The first-order valence-corrected chi connectivity index (χ1v) is 6.93. The molecule has 0 aliphatic carbocycles. The number of hydrogen-bond acceptors (Lipinski definition) is 4. The number of rotatable bonds is 4. The van der Waals surface area contributed by atoms with Crippen molar-refractivity contribution in [3.63, 3.8) is 0 Å². The normalized spacial score (nSPS) is 10.1. The Bertz CT molecular complexity index is 705. The summed E-state index contributed by atoms with van der Waals surface area (Å²) < 4.78 is 0. The topological polar surface area (TPSA) is 75.2 Å². The number of anilines is 1. The van der Waals surface area contributed by atoms with E-state index in [2.05, 4.69) is 15.3 Å². The number of amides is 2. The van der Waals surface area contributed by atoms with Gasteiger partial charge in [0.1, 0.15) is 11.0 Å². The van der Waals surface area contributed by atoms with E-state index in [0.29, 0.717) is 5.82 Å². The van der Waals surface area contributed by atoms with Crippen molar-refractivity contribution in [2.45, 2.75) is 6.92 Å². The van der Waals surface area contributed by atoms with Gasteiger partial charge in [0.15, 0.2) is 0 Å². The third-order valence-electron chi connectivity index (χ3n) is 2.90. The molecule has 2 rings (SSSR count). The second-order valence-corrected chi connectivity index (χ2v) is 5.13. The van der Waals surface area contributed by atoms with Crippen molar-refractivity contribution in [1.29, 1.82) is 0 Å². The molecule has 2 heterocycles. The molecule has 22 heavy (non-hydrogen) atoms. The highest BCUT2D eigenvalue weighted by Crippen LogP contribution is 2.13. The maximum absolute atomic E-state index is 12.2. The van der Waals surface area contributed by atoms with Crippen molar-refractivity contribution in [1.82, 2.24) is 14.9 Å². The van der Waals surface area contributed by atoms with Gasteiger partial charge < -0.3 is 10.2 Å². The summed E-state index contributed by atoms with van der Waals surface area (Å²) in [4.78, 5) is 33.3. The Labute approximate surface area is 133 Å². The predicted molar refractivity (Wildman–Crippen MR) is 83.8 cm³/mol. The molecule has 0 aromatic carbocycles. The van der Waals surface area contributed by atoms with E-state index in [-0.39, 0.29) is 29.1 Å². The van der Waals surface area contributed by atoms with E-state index in [1.165, 1.54) is 18.1 Å². The fourth-order valence-corrected chi connectivity index (χ4v) is 2.03. The molecule has 114 valence electrons. The third kappa shape index (κ3) is 4.02. The van der Waals surface area contributed by atoms with Gasteiger partial charge in [0.2, 0.25) is 5.91 Å². The van der Waals surface area contributed by atoms with Crippen LogP contribution >= 0.6 is 11.6 Å². The van der Waals surface area contributed by atoms with E-state index in [9.17, 15) is 9.59 Å². The Morgan fingerprint density at radius 2 is 2.05 bits per heavy atom. The highest BCUT2D eigenvalue weighted by molar-refractivity contribution is 6.32. The van der Waals surface area contributed by atoms with Gasteiger partial charge in [-0.15, -0.1) is 0 Å². The van der Waals surface area contributed by atoms with E-state index in [1.54, 1.807) is 24.4 Å². The molecule has 0 aliphatic rings. The quantitative estimate of drug-likeness (QED) is 0.876. The summed E-state index contributed by atoms with van der Waals surface area (Å²) >= 11 is 5.88. The minimum absolute atomic E-state index is 0.111. The first-order valence-electron chi connectivity index (χ1n) is 6.56. The average molecular weight is 319 g/mol. The molecule has 0 bridgehead atoms. The lowest BCUT2D eigenvalue weighted by Gasteiger charge is -2.17. The zero-order chi connectivity index (χ0) is 16.1. The van der Waals surface area contributed by atoms with Crippen LogP contribution in [-0.2, 0) is 4.79 Å². The molecule has 0 fully saturated rings. The van der Waals surface area contributed by atoms with Crippen molar-refractivity contribution >= 4 is 29.2 Å². The number of nitrogens with one attached hydrogen (secondary N) is 1. The Balaban J connectivity index is 1.99. The SMILES string of the molecule is Cc1ccnc(NC(=O)CN(C)C(=O)c2cccnc2Cl)c1. The molecule has 2 aromatic heterocycles. The maximum Gasteiger partial charge on any atom is 0.257 e. The van der Waals surface area contributed by atoms with Gasteiger partial charge in [-0.25, -0.2) is 9.97 Å². The summed E-state index contributed by atoms with van der Waals surface area (Å²) in [7, 11) is 1.52. The van der Waals surface area contributed by atoms with Crippen LogP contribution in [-0.4, -0.2) is 40.3 Å². The third-order valence-corrected chi connectivity index (χ3v) is 3.20. The number of carbonyl (C=O) groups excluding carboxylic acids is 2. The molecule has 0 aliphatic heterocycles. The van der Waals surface area contributed by atoms with Gasteiger partial charge >= 0.3 is 0 Å². The van der Waals surface area contributed by atoms with Crippen LogP contribution in [0.15, 0.2) is 36.7 Å². The predicted octanol–water partition coefficient (Wildman–Crippen LogP) is 2.15. The molecule has 0 radical (unpaired) electrons. The fourth-order valence-electron chi connectivity index (χ4n) is 1.83. The van der Waals surface area contributed by atoms with E-state index >= 15 is 0 Å². The van der Waals surface area contributed by atoms with Crippen LogP contribution in [0.25, 0.3) is 0 Å². The molecule has 6 nitrogen and oxygen atoms in total. The first-order chi connectivity index (χ1) is 10.5. The monoisotopic (exact) mass is 318 g/mol. The van der Waals surface area contributed by atoms with Gasteiger partial charge in [-0.3, -0.25) is 9.59 Å². The number of halogens is 1. The fraction of sp³-hybridized carbons (Fsp3) is 0.200. The standard InChI is InChI=1S/C15H15ClN4O2/c1-10-5-7-17-12(8-10)19-13(21)9-20(2)15(22)11-4-3-6-18-14(11)16/h3-8H,9H2,1-2H3,(H,17,19,21). The number of aryl methyl sites for hydroxylation is 1. The van der Waals surface area contributed by atoms with Crippen molar-refractivity contribution < 1.29 is 9.59 Å². The number of nitrogens with zero attached hydrogens (tertiary/aromatic N) is 3. The van der Waals surface area contributed by atoms with Crippen LogP contribution in [0.1, 0.15) is 15.9 Å². The molecule has 0 unspecified atom stereocenters. The molecule has 0 saturated carbocycles. The van der Waals surface area contributed by atoms with Gasteiger partial charge in [-0.1, -0.05) is 11.6 Å². The van der Waals surface area contributed by atoms with Crippen LogP contribution in [0.3, 0.4) is 0 Å². The minimum Gasteiger partial charge on any atom is -0.332 e. The maximum atomic E-state index is 12.2. The number of carbonyl (C=O) groups is 2. The zero-order valence-corrected chi connectivity index (χ0v) is 13.0. The minimum atomic E-state index is -0.370. The molecule has 7 heteroatoms. The molecular formula is C15H15ClN4O2. The van der Waals surface area contributed by atoms with Gasteiger partial charge in [0.05, 0.1) is 12.1 Å². The molecule has 0 spiro atoms. The van der Waals surface area contributed by atoms with Crippen LogP contribution < -0.4 is 5.32 Å². The lowest BCUT2D eigenvalue weighted by Crippen LogP contribution is -2.35. The molecular weight excluding hydrogens is 304 g/mol. The highest BCUT2D eigenvalue weighted by atomic mass is 35.5. The second kappa shape index (κ2) is 7.00. The molecule has 2 aromatic rings. The van der Waals surface area contributed by atoms with Crippen molar-refractivity contribution in [2.24, 2.45) is 0 Å². The smallest absolute Gasteiger partial charge is 0.257 e. The van der Waals surface area contributed by atoms with Crippen LogP contribution in [0, 0.1) is 6.92 Å². The molecule has 2 amide bonds. The van der Waals surface area contributed by atoms with Crippen LogP contribution in [0.4, 0.5) is 5.82 Å². The number of aromatic nitrogens is 2. The summed E-state index contributed by atoms with van der Waals surface area (Å²) in [6.07, 6.45) is 3.10. The summed E-state index contributed by atoms with van der Waals surface area (Å²) in [6.45, 7) is 1.79. The molecule has 0 saturated heterocycles. The Morgan fingerprint density at radius 3 is 2.73 bits per heavy atom.